The maximum Gasteiger partial charge on any atom is 0.328 e. The number of aliphatic carboxylic acids is 1. The summed E-state index contributed by atoms with van der Waals surface area (Å²) in [4.78, 5) is 24.6. The molecule has 0 radical (unpaired) electrons. The highest BCUT2D eigenvalue weighted by atomic mass is 16.5. The lowest BCUT2D eigenvalue weighted by atomic mass is 10.0. The van der Waals surface area contributed by atoms with Crippen molar-refractivity contribution in [2.24, 2.45) is 0 Å². The third-order valence-corrected chi connectivity index (χ3v) is 3.50. The Morgan fingerprint density at radius 2 is 2.00 bits per heavy atom. The third kappa shape index (κ3) is 3.72. The molecule has 6 heteroatoms. The summed E-state index contributed by atoms with van der Waals surface area (Å²) in [5.74, 6) is -0.634. The van der Waals surface area contributed by atoms with Crippen LogP contribution in [0, 0.1) is 0 Å². The average Bonchev–Trinajstić information content (AvgIpc) is 2.47. The molecule has 2 amide bonds. The molecule has 114 valence electrons. The van der Waals surface area contributed by atoms with Crippen molar-refractivity contribution in [2.45, 2.75) is 25.8 Å². The number of rotatable bonds is 3. The molecule has 1 aromatic rings. The number of amides is 2. The first-order valence-electron chi connectivity index (χ1n) is 6.97. The van der Waals surface area contributed by atoms with Gasteiger partial charge in [0.1, 0.15) is 0 Å². The largest absolute Gasteiger partial charge is 0.480 e. The zero-order valence-electron chi connectivity index (χ0n) is 12.2. The van der Waals surface area contributed by atoms with E-state index in [2.05, 4.69) is 19.2 Å². The Kier molecular flexibility index (Phi) is 4.80. The summed E-state index contributed by atoms with van der Waals surface area (Å²) in [6, 6.07) is 6.20. The Balaban J connectivity index is 2.04. The van der Waals surface area contributed by atoms with Crippen LogP contribution in [0.2, 0.25) is 0 Å². The van der Waals surface area contributed by atoms with Gasteiger partial charge in [0.15, 0.2) is 6.04 Å². The molecule has 1 aliphatic rings. The number of carbonyl (C=O) groups is 2. The van der Waals surface area contributed by atoms with E-state index in [1.807, 2.05) is 24.3 Å². The number of nitrogens with one attached hydrogen (secondary N) is 1. The van der Waals surface area contributed by atoms with Crippen molar-refractivity contribution < 1.29 is 19.4 Å². The number of hydrogen-bond acceptors (Lipinski definition) is 3. The van der Waals surface area contributed by atoms with E-state index in [9.17, 15) is 9.59 Å². The van der Waals surface area contributed by atoms with E-state index in [-0.39, 0.29) is 13.2 Å². The molecular weight excluding hydrogens is 272 g/mol. The van der Waals surface area contributed by atoms with Gasteiger partial charge in [-0.15, -0.1) is 0 Å². The molecule has 1 heterocycles. The van der Waals surface area contributed by atoms with Gasteiger partial charge in [-0.3, -0.25) is 0 Å². The molecule has 0 saturated carbocycles. The molecule has 1 aliphatic heterocycles. The van der Waals surface area contributed by atoms with Crippen molar-refractivity contribution in [2.75, 3.05) is 25.1 Å². The van der Waals surface area contributed by atoms with Crippen molar-refractivity contribution in [1.82, 2.24) is 4.90 Å². The first kappa shape index (κ1) is 15.3. The Hall–Kier alpha value is -2.08. The fourth-order valence-corrected chi connectivity index (χ4v) is 2.20. The summed E-state index contributed by atoms with van der Waals surface area (Å²) in [7, 11) is 0. The predicted octanol–water partition coefficient (Wildman–Crippen LogP) is 2.13. The minimum Gasteiger partial charge on any atom is -0.480 e. The van der Waals surface area contributed by atoms with Crippen LogP contribution in [0.5, 0.6) is 0 Å². The monoisotopic (exact) mass is 292 g/mol. The highest BCUT2D eigenvalue weighted by molar-refractivity contribution is 5.92. The van der Waals surface area contributed by atoms with Gasteiger partial charge in [-0.2, -0.15) is 0 Å². The van der Waals surface area contributed by atoms with Crippen molar-refractivity contribution in [3.05, 3.63) is 29.8 Å². The molecular formula is C15H20N2O4. The zero-order valence-corrected chi connectivity index (χ0v) is 12.2. The van der Waals surface area contributed by atoms with E-state index >= 15 is 0 Å². The second-order valence-electron chi connectivity index (χ2n) is 5.33. The number of hydrogen-bond donors (Lipinski definition) is 2. The van der Waals surface area contributed by atoms with Gasteiger partial charge in [-0.05, 0) is 23.6 Å². The van der Waals surface area contributed by atoms with Gasteiger partial charge in [0.25, 0.3) is 0 Å². The maximum atomic E-state index is 12.2. The van der Waals surface area contributed by atoms with E-state index in [4.69, 9.17) is 9.84 Å². The van der Waals surface area contributed by atoms with Crippen molar-refractivity contribution in [3.8, 4) is 0 Å². The Morgan fingerprint density at radius 3 is 2.57 bits per heavy atom. The minimum absolute atomic E-state index is 0.0229. The van der Waals surface area contributed by atoms with Crippen LogP contribution in [0.1, 0.15) is 25.3 Å². The Labute approximate surface area is 123 Å². The van der Waals surface area contributed by atoms with Crippen LogP contribution < -0.4 is 5.32 Å². The lowest BCUT2D eigenvalue weighted by Crippen LogP contribution is -2.53. The van der Waals surface area contributed by atoms with Crippen LogP contribution in [0.3, 0.4) is 0 Å². The first-order chi connectivity index (χ1) is 9.99. The second-order valence-corrected chi connectivity index (χ2v) is 5.33. The molecule has 1 unspecified atom stereocenters. The lowest BCUT2D eigenvalue weighted by Gasteiger charge is -2.32. The zero-order chi connectivity index (χ0) is 15.4. The molecule has 21 heavy (non-hydrogen) atoms. The molecule has 1 atom stereocenters. The Morgan fingerprint density at radius 1 is 1.33 bits per heavy atom. The van der Waals surface area contributed by atoms with Crippen LogP contribution in [-0.4, -0.2) is 47.8 Å². The van der Waals surface area contributed by atoms with Crippen LogP contribution in [0.25, 0.3) is 0 Å². The smallest absolute Gasteiger partial charge is 0.328 e. The molecule has 1 fully saturated rings. The summed E-state index contributed by atoms with van der Waals surface area (Å²) >= 11 is 0. The van der Waals surface area contributed by atoms with Crippen LogP contribution in [-0.2, 0) is 9.53 Å². The van der Waals surface area contributed by atoms with Gasteiger partial charge in [0.05, 0.1) is 13.2 Å². The SMILES string of the molecule is CC(C)c1ccc(NC(=O)N2CCOCC2C(=O)O)cc1. The number of ether oxygens (including phenoxy) is 1. The fourth-order valence-electron chi connectivity index (χ4n) is 2.20. The molecule has 0 aromatic heterocycles. The molecule has 0 aliphatic carbocycles. The summed E-state index contributed by atoms with van der Waals surface area (Å²) in [6.45, 7) is 4.84. The van der Waals surface area contributed by atoms with E-state index < -0.39 is 18.0 Å². The van der Waals surface area contributed by atoms with Gasteiger partial charge >= 0.3 is 12.0 Å². The highest BCUT2D eigenvalue weighted by Gasteiger charge is 2.32. The third-order valence-electron chi connectivity index (χ3n) is 3.50. The van der Waals surface area contributed by atoms with Gasteiger partial charge < -0.3 is 20.1 Å². The average molecular weight is 292 g/mol. The molecule has 0 spiro atoms. The molecule has 1 saturated heterocycles. The van der Waals surface area contributed by atoms with Gasteiger partial charge in [-0.25, -0.2) is 9.59 Å². The number of anilines is 1. The maximum absolute atomic E-state index is 12.2. The molecule has 0 bridgehead atoms. The fraction of sp³-hybridized carbons (Fsp3) is 0.467. The minimum atomic E-state index is -1.06. The van der Waals surface area contributed by atoms with Gasteiger partial charge in [-0.1, -0.05) is 26.0 Å². The van der Waals surface area contributed by atoms with Gasteiger partial charge in [0.2, 0.25) is 0 Å². The predicted molar refractivity (Wildman–Crippen MR) is 78.5 cm³/mol. The Bertz CT molecular complexity index is 513. The number of urea groups is 1. The standard InChI is InChI=1S/C15H20N2O4/c1-10(2)11-3-5-12(6-4-11)16-15(20)17-7-8-21-9-13(17)14(18)19/h3-6,10,13H,7-9H2,1-2H3,(H,16,20)(H,18,19). The lowest BCUT2D eigenvalue weighted by molar-refractivity contribution is -0.147. The molecule has 2 N–H and O–H groups in total. The highest BCUT2D eigenvalue weighted by Crippen LogP contribution is 2.18. The number of carbonyl (C=O) groups excluding carboxylic acids is 1. The summed E-state index contributed by atoms with van der Waals surface area (Å²) in [5.41, 5.74) is 1.84. The van der Waals surface area contributed by atoms with E-state index in [1.165, 1.54) is 10.5 Å². The van der Waals surface area contributed by atoms with Crippen LogP contribution in [0.4, 0.5) is 10.5 Å². The first-order valence-corrected chi connectivity index (χ1v) is 6.97. The summed E-state index contributed by atoms with van der Waals surface area (Å²) in [6.07, 6.45) is 0. The summed E-state index contributed by atoms with van der Waals surface area (Å²) < 4.78 is 5.11. The van der Waals surface area contributed by atoms with Crippen LogP contribution in [0.15, 0.2) is 24.3 Å². The number of carboxylic acid groups (broad SMARTS) is 1. The normalized spacial score (nSPS) is 18.6. The number of benzene rings is 1. The van der Waals surface area contributed by atoms with E-state index in [0.29, 0.717) is 18.2 Å². The van der Waals surface area contributed by atoms with Crippen LogP contribution >= 0.6 is 0 Å². The number of morpholine rings is 1. The van der Waals surface area contributed by atoms with E-state index in [0.717, 1.165) is 0 Å². The van der Waals surface area contributed by atoms with Gasteiger partial charge in [0, 0.05) is 12.2 Å². The molecule has 6 nitrogen and oxygen atoms in total. The molecule has 2 rings (SSSR count). The quantitative estimate of drug-likeness (QED) is 0.894. The summed E-state index contributed by atoms with van der Waals surface area (Å²) in [5, 5.41) is 11.9. The van der Waals surface area contributed by atoms with Crippen molar-refractivity contribution in [1.29, 1.82) is 0 Å². The van der Waals surface area contributed by atoms with Crippen molar-refractivity contribution in [3.63, 3.8) is 0 Å². The van der Waals surface area contributed by atoms with E-state index in [1.54, 1.807) is 0 Å². The molecule has 1 aromatic carbocycles. The topological polar surface area (TPSA) is 78.9 Å². The number of nitrogens with zero attached hydrogens (tertiary/aromatic N) is 1. The van der Waals surface area contributed by atoms with Crippen molar-refractivity contribution >= 4 is 17.7 Å². The number of carboxylic acids is 1. The second kappa shape index (κ2) is 6.58.